The van der Waals surface area contributed by atoms with Crippen molar-refractivity contribution in [1.82, 2.24) is 19.7 Å². The van der Waals surface area contributed by atoms with Crippen molar-refractivity contribution in [2.24, 2.45) is 7.05 Å². The van der Waals surface area contributed by atoms with Gasteiger partial charge < -0.3 is 10.2 Å². The van der Waals surface area contributed by atoms with Crippen LogP contribution in [0.15, 0.2) is 49.1 Å². The average molecular weight is 309 g/mol. The molecule has 6 nitrogen and oxygen atoms in total. The Balaban J connectivity index is 1.58. The molecule has 0 aliphatic carbocycles. The van der Waals surface area contributed by atoms with Crippen molar-refractivity contribution < 1.29 is 4.79 Å². The van der Waals surface area contributed by atoms with Crippen LogP contribution >= 0.6 is 0 Å². The smallest absolute Gasteiger partial charge is 0.241 e. The van der Waals surface area contributed by atoms with Crippen LogP contribution in [0, 0.1) is 0 Å². The lowest BCUT2D eigenvalue weighted by molar-refractivity contribution is -0.128. The Morgan fingerprint density at radius 1 is 1.26 bits per heavy atom. The van der Waals surface area contributed by atoms with Crippen LogP contribution in [-0.4, -0.2) is 39.2 Å². The van der Waals surface area contributed by atoms with E-state index in [4.69, 9.17) is 0 Å². The standard InChI is InChI=1S/C17H19N5O/c1-21(11-13-8-20-22(2)12-13)17(23)10-19-16-4-3-15-9-18-6-5-14(15)7-16/h3-9,12,19H,10-11H2,1-2H3. The number of nitrogens with zero attached hydrogens (tertiary/aromatic N) is 4. The average Bonchev–Trinajstić information content (AvgIpc) is 2.97. The SMILES string of the molecule is CN(Cc1cnn(C)c1)C(=O)CNc1ccc2cnccc2c1. The van der Waals surface area contributed by atoms with Crippen molar-refractivity contribution in [2.45, 2.75) is 6.54 Å². The van der Waals surface area contributed by atoms with E-state index in [2.05, 4.69) is 15.4 Å². The van der Waals surface area contributed by atoms with Gasteiger partial charge in [0, 0.05) is 55.9 Å². The van der Waals surface area contributed by atoms with Gasteiger partial charge in [-0.15, -0.1) is 0 Å². The number of aromatic nitrogens is 3. The number of pyridine rings is 1. The minimum absolute atomic E-state index is 0.0312. The molecule has 1 amide bonds. The first-order valence-electron chi connectivity index (χ1n) is 7.41. The van der Waals surface area contributed by atoms with Gasteiger partial charge in [0.15, 0.2) is 0 Å². The van der Waals surface area contributed by atoms with E-state index in [9.17, 15) is 4.79 Å². The van der Waals surface area contributed by atoms with Crippen LogP contribution in [0.4, 0.5) is 5.69 Å². The highest BCUT2D eigenvalue weighted by atomic mass is 16.2. The second kappa shape index (κ2) is 6.48. The molecular formula is C17H19N5O. The molecule has 0 bridgehead atoms. The Hall–Kier alpha value is -2.89. The molecule has 118 valence electrons. The molecule has 0 fully saturated rings. The van der Waals surface area contributed by atoms with Gasteiger partial charge in [-0.1, -0.05) is 6.07 Å². The third-order valence-electron chi connectivity index (χ3n) is 3.69. The molecule has 0 atom stereocenters. The maximum absolute atomic E-state index is 12.2. The van der Waals surface area contributed by atoms with Crippen LogP contribution < -0.4 is 5.32 Å². The van der Waals surface area contributed by atoms with Crippen LogP contribution in [0.2, 0.25) is 0 Å². The van der Waals surface area contributed by atoms with Gasteiger partial charge in [-0.05, 0) is 23.6 Å². The fraction of sp³-hybridized carbons (Fsp3) is 0.235. The fourth-order valence-electron chi connectivity index (χ4n) is 2.42. The van der Waals surface area contributed by atoms with Crippen molar-refractivity contribution in [2.75, 3.05) is 18.9 Å². The summed E-state index contributed by atoms with van der Waals surface area (Å²) >= 11 is 0. The molecule has 23 heavy (non-hydrogen) atoms. The van der Waals surface area contributed by atoms with Crippen molar-refractivity contribution in [3.8, 4) is 0 Å². The van der Waals surface area contributed by atoms with E-state index in [-0.39, 0.29) is 12.5 Å². The van der Waals surface area contributed by atoms with Crippen LogP contribution in [0.1, 0.15) is 5.56 Å². The first-order chi connectivity index (χ1) is 11.1. The molecule has 0 aliphatic rings. The Bertz CT molecular complexity index is 826. The zero-order chi connectivity index (χ0) is 16.2. The topological polar surface area (TPSA) is 63.1 Å². The Morgan fingerprint density at radius 2 is 2.13 bits per heavy atom. The summed E-state index contributed by atoms with van der Waals surface area (Å²) in [6, 6.07) is 7.93. The third kappa shape index (κ3) is 3.66. The zero-order valence-electron chi connectivity index (χ0n) is 13.2. The maximum Gasteiger partial charge on any atom is 0.241 e. The van der Waals surface area contributed by atoms with Crippen molar-refractivity contribution in [3.05, 3.63) is 54.6 Å². The number of likely N-dealkylation sites (N-methyl/N-ethyl adjacent to an activating group) is 1. The van der Waals surface area contributed by atoms with E-state index >= 15 is 0 Å². The van der Waals surface area contributed by atoms with Gasteiger partial charge in [0.05, 0.1) is 12.7 Å². The number of fused-ring (bicyclic) bond motifs is 1. The van der Waals surface area contributed by atoms with Gasteiger partial charge in [-0.25, -0.2) is 0 Å². The molecule has 1 aromatic carbocycles. The lowest BCUT2D eigenvalue weighted by Gasteiger charge is -2.17. The third-order valence-corrected chi connectivity index (χ3v) is 3.69. The second-order valence-corrected chi connectivity index (χ2v) is 5.56. The van der Waals surface area contributed by atoms with Crippen molar-refractivity contribution in [3.63, 3.8) is 0 Å². The van der Waals surface area contributed by atoms with E-state index in [1.165, 1.54) is 0 Å². The Morgan fingerprint density at radius 3 is 2.91 bits per heavy atom. The number of amides is 1. The summed E-state index contributed by atoms with van der Waals surface area (Å²) in [6.45, 7) is 0.811. The van der Waals surface area contributed by atoms with Gasteiger partial charge in [0.2, 0.25) is 5.91 Å². The van der Waals surface area contributed by atoms with E-state index < -0.39 is 0 Å². The first-order valence-corrected chi connectivity index (χ1v) is 7.41. The maximum atomic E-state index is 12.2. The highest BCUT2D eigenvalue weighted by Crippen LogP contribution is 2.17. The van der Waals surface area contributed by atoms with E-state index in [1.54, 1.807) is 29.0 Å². The molecule has 1 N–H and O–H groups in total. The van der Waals surface area contributed by atoms with Gasteiger partial charge in [-0.2, -0.15) is 5.10 Å². The van der Waals surface area contributed by atoms with Crippen LogP contribution in [0.5, 0.6) is 0 Å². The molecule has 6 heteroatoms. The van der Waals surface area contributed by atoms with Crippen molar-refractivity contribution >= 4 is 22.4 Å². The lowest BCUT2D eigenvalue weighted by Crippen LogP contribution is -2.31. The predicted octanol–water partition coefficient (Wildman–Crippen LogP) is 2.04. The number of benzene rings is 1. The number of carbonyl (C=O) groups is 1. The number of hydrogen-bond donors (Lipinski definition) is 1. The summed E-state index contributed by atoms with van der Waals surface area (Å²) in [5.41, 5.74) is 1.94. The van der Waals surface area contributed by atoms with Gasteiger partial charge >= 0.3 is 0 Å². The molecule has 2 aromatic heterocycles. The Labute approximate surface area is 134 Å². The normalized spacial score (nSPS) is 10.7. The number of nitrogens with one attached hydrogen (secondary N) is 1. The van der Waals surface area contributed by atoms with Crippen LogP contribution in [0.25, 0.3) is 10.8 Å². The summed E-state index contributed by atoms with van der Waals surface area (Å²) in [5.74, 6) is 0.0312. The number of rotatable bonds is 5. The fourth-order valence-corrected chi connectivity index (χ4v) is 2.42. The van der Waals surface area contributed by atoms with Crippen molar-refractivity contribution in [1.29, 1.82) is 0 Å². The summed E-state index contributed by atoms with van der Waals surface area (Å²) in [5, 5.41) is 9.47. The molecule has 0 spiro atoms. The number of aryl methyl sites for hydroxylation is 1. The Kier molecular flexibility index (Phi) is 4.23. The van der Waals surface area contributed by atoms with E-state index in [1.807, 2.05) is 43.7 Å². The second-order valence-electron chi connectivity index (χ2n) is 5.56. The largest absolute Gasteiger partial charge is 0.376 e. The van der Waals surface area contributed by atoms with E-state index in [0.717, 1.165) is 22.0 Å². The highest BCUT2D eigenvalue weighted by molar-refractivity contribution is 5.86. The van der Waals surface area contributed by atoms with Gasteiger partial charge in [-0.3, -0.25) is 14.5 Å². The zero-order valence-corrected chi connectivity index (χ0v) is 13.2. The predicted molar refractivity (Wildman–Crippen MR) is 89.9 cm³/mol. The molecule has 0 aliphatic heterocycles. The molecule has 0 saturated heterocycles. The summed E-state index contributed by atoms with van der Waals surface area (Å²) < 4.78 is 1.73. The number of carbonyl (C=O) groups excluding carboxylic acids is 1. The summed E-state index contributed by atoms with van der Waals surface area (Å²) in [4.78, 5) is 18.0. The molecular weight excluding hydrogens is 290 g/mol. The highest BCUT2D eigenvalue weighted by Gasteiger charge is 2.10. The van der Waals surface area contributed by atoms with Crippen LogP contribution in [-0.2, 0) is 18.4 Å². The molecule has 3 aromatic rings. The quantitative estimate of drug-likeness (QED) is 0.783. The monoisotopic (exact) mass is 309 g/mol. The molecule has 0 saturated carbocycles. The summed E-state index contributed by atoms with van der Waals surface area (Å²) in [7, 11) is 3.66. The molecule has 2 heterocycles. The van der Waals surface area contributed by atoms with E-state index in [0.29, 0.717) is 6.54 Å². The van der Waals surface area contributed by atoms with Gasteiger partial charge in [0.1, 0.15) is 0 Å². The minimum atomic E-state index is 0.0312. The number of anilines is 1. The molecule has 3 rings (SSSR count). The van der Waals surface area contributed by atoms with Gasteiger partial charge in [0.25, 0.3) is 0 Å². The lowest BCUT2D eigenvalue weighted by atomic mass is 10.1. The molecule has 0 unspecified atom stereocenters. The number of hydrogen-bond acceptors (Lipinski definition) is 4. The summed E-state index contributed by atoms with van der Waals surface area (Å²) in [6.07, 6.45) is 7.27. The first kappa shape index (κ1) is 15.0. The van der Waals surface area contributed by atoms with Crippen LogP contribution in [0.3, 0.4) is 0 Å². The minimum Gasteiger partial charge on any atom is -0.376 e. The molecule has 0 radical (unpaired) electrons.